The summed E-state index contributed by atoms with van der Waals surface area (Å²) in [5, 5.41) is 0. The van der Waals surface area contributed by atoms with Gasteiger partial charge in [0.25, 0.3) is 0 Å². The average molecular weight is 368 g/mol. The molecular formula is C20H33NO3S. The van der Waals surface area contributed by atoms with Gasteiger partial charge in [0.2, 0.25) is 10.0 Å². The first-order chi connectivity index (χ1) is 11.4. The lowest BCUT2D eigenvalue weighted by atomic mass is 9.69. The molecule has 4 saturated carbocycles. The molecule has 0 amide bonds. The summed E-state index contributed by atoms with van der Waals surface area (Å²) in [6, 6.07) is 0.0134. The predicted molar refractivity (Wildman–Crippen MR) is 98.5 cm³/mol. The van der Waals surface area contributed by atoms with Crippen molar-refractivity contribution in [1.29, 1.82) is 0 Å². The van der Waals surface area contributed by atoms with Gasteiger partial charge in [-0.15, -0.1) is 0 Å². The highest BCUT2D eigenvalue weighted by Gasteiger charge is 2.66. The van der Waals surface area contributed by atoms with E-state index in [9.17, 15) is 13.2 Å². The minimum absolute atomic E-state index is 0.0134. The zero-order valence-corrected chi connectivity index (χ0v) is 17.1. The van der Waals surface area contributed by atoms with Crippen LogP contribution in [0.4, 0.5) is 0 Å². The quantitative estimate of drug-likeness (QED) is 0.827. The van der Waals surface area contributed by atoms with Gasteiger partial charge in [0.1, 0.15) is 5.78 Å². The number of fused-ring (bicyclic) bond motifs is 4. The third-order valence-electron chi connectivity index (χ3n) is 9.69. The summed E-state index contributed by atoms with van der Waals surface area (Å²) in [5.41, 5.74) is -0.663. The standard InChI is InChI=1S/C20H33NO3S/c1-17(2)13-6-8-19(17,5)15(10-13)21-25(23,24)12-20-9-7-14(11-16(20)22)18(20,3)4/h13-15,21H,6-12H2,1-5H3. The molecule has 0 aromatic carbocycles. The van der Waals surface area contributed by atoms with E-state index in [4.69, 9.17) is 0 Å². The molecular weight excluding hydrogens is 334 g/mol. The highest BCUT2D eigenvalue weighted by Crippen LogP contribution is 2.66. The molecule has 25 heavy (non-hydrogen) atoms. The highest BCUT2D eigenvalue weighted by molar-refractivity contribution is 7.89. The van der Waals surface area contributed by atoms with E-state index in [-0.39, 0.29) is 33.8 Å². The van der Waals surface area contributed by atoms with Crippen LogP contribution in [0.25, 0.3) is 0 Å². The van der Waals surface area contributed by atoms with Crippen molar-refractivity contribution in [2.24, 2.45) is 33.5 Å². The fourth-order valence-corrected chi connectivity index (χ4v) is 9.27. The monoisotopic (exact) mass is 367 g/mol. The second-order valence-electron chi connectivity index (χ2n) is 10.7. The second kappa shape index (κ2) is 4.89. The van der Waals surface area contributed by atoms with E-state index >= 15 is 0 Å². The Hall–Kier alpha value is -0.420. The third-order valence-corrected chi connectivity index (χ3v) is 11.2. The second-order valence-corrected chi connectivity index (χ2v) is 12.5. The first-order valence-electron chi connectivity index (χ1n) is 9.89. The molecule has 0 aliphatic heterocycles. The van der Waals surface area contributed by atoms with Gasteiger partial charge in [0.15, 0.2) is 0 Å². The number of nitrogens with one attached hydrogen (secondary N) is 1. The van der Waals surface area contributed by atoms with Gasteiger partial charge < -0.3 is 0 Å². The molecule has 4 bridgehead atoms. The summed E-state index contributed by atoms with van der Waals surface area (Å²) >= 11 is 0. The van der Waals surface area contributed by atoms with E-state index in [1.54, 1.807) is 0 Å². The summed E-state index contributed by atoms with van der Waals surface area (Å²) in [5.74, 6) is 1.12. The molecule has 0 spiro atoms. The Bertz CT molecular complexity index is 725. The van der Waals surface area contributed by atoms with Gasteiger partial charge in [-0.1, -0.05) is 34.6 Å². The number of carbonyl (C=O) groups is 1. The zero-order valence-electron chi connectivity index (χ0n) is 16.3. The number of carbonyl (C=O) groups excluding carboxylic acids is 1. The predicted octanol–water partition coefficient (Wildman–Crippen LogP) is 3.52. The van der Waals surface area contributed by atoms with E-state index in [2.05, 4.69) is 39.3 Å². The number of sulfonamides is 1. The van der Waals surface area contributed by atoms with Crippen molar-refractivity contribution >= 4 is 15.8 Å². The maximum Gasteiger partial charge on any atom is 0.212 e. The normalized spacial score (nSPS) is 46.9. The first-order valence-corrected chi connectivity index (χ1v) is 11.5. The maximum absolute atomic E-state index is 13.1. The molecule has 0 aromatic heterocycles. The Morgan fingerprint density at radius 2 is 1.64 bits per heavy atom. The molecule has 4 nitrogen and oxygen atoms in total. The molecule has 142 valence electrons. The van der Waals surface area contributed by atoms with Gasteiger partial charge in [0.05, 0.1) is 5.75 Å². The van der Waals surface area contributed by atoms with Crippen molar-refractivity contribution < 1.29 is 13.2 Å². The van der Waals surface area contributed by atoms with Gasteiger partial charge >= 0.3 is 0 Å². The smallest absolute Gasteiger partial charge is 0.212 e. The number of rotatable bonds is 4. The van der Waals surface area contributed by atoms with Crippen LogP contribution in [0.5, 0.6) is 0 Å². The van der Waals surface area contributed by atoms with Crippen LogP contribution in [0.1, 0.15) is 73.1 Å². The van der Waals surface area contributed by atoms with Gasteiger partial charge in [0, 0.05) is 17.9 Å². The molecule has 4 aliphatic carbocycles. The summed E-state index contributed by atoms with van der Waals surface area (Å²) in [6.45, 7) is 11.0. The molecule has 1 N–H and O–H groups in total. The molecule has 5 heteroatoms. The Morgan fingerprint density at radius 1 is 1.00 bits per heavy atom. The average Bonchev–Trinajstić information content (AvgIpc) is 2.98. The summed E-state index contributed by atoms with van der Waals surface area (Å²) < 4.78 is 29.3. The maximum atomic E-state index is 13.1. The lowest BCUT2D eigenvalue weighted by Gasteiger charge is -2.40. The van der Waals surface area contributed by atoms with Crippen molar-refractivity contribution in [3.63, 3.8) is 0 Å². The molecule has 4 rings (SSSR count). The van der Waals surface area contributed by atoms with E-state index in [1.807, 2.05) is 0 Å². The van der Waals surface area contributed by atoms with E-state index in [0.717, 1.165) is 25.7 Å². The lowest BCUT2D eigenvalue weighted by Crippen LogP contribution is -2.51. The van der Waals surface area contributed by atoms with Crippen molar-refractivity contribution in [2.45, 2.75) is 79.2 Å². The van der Waals surface area contributed by atoms with Crippen molar-refractivity contribution in [3.8, 4) is 0 Å². The van der Waals surface area contributed by atoms with Crippen LogP contribution < -0.4 is 4.72 Å². The van der Waals surface area contributed by atoms with Gasteiger partial charge in [-0.2, -0.15) is 0 Å². The Balaban J connectivity index is 1.57. The molecule has 0 heterocycles. The van der Waals surface area contributed by atoms with Crippen LogP contribution in [0.15, 0.2) is 0 Å². The molecule has 0 saturated heterocycles. The fraction of sp³-hybridized carbons (Fsp3) is 0.950. The largest absolute Gasteiger partial charge is 0.299 e. The number of ketones is 1. The Labute approximate surface area is 152 Å². The van der Waals surface area contributed by atoms with Crippen LogP contribution in [0, 0.1) is 33.5 Å². The molecule has 4 fully saturated rings. The summed E-state index contributed by atoms with van der Waals surface area (Å²) in [7, 11) is -3.48. The van der Waals surface area contributed by atoms with Crippen molar-refractivity contribution in [1.82, 2.24) is 4.72 Å². The number of Topliss-reactive ketones (excluding diaryl/α,β-unsaturated/α-hetero) is 1. The molecule has 4 aliphatic rings. The molecule has 0 aromatic rings. The Morgan fingerprint density at radius 3 is 2.08 bits per heavy atom. The fourth-order valence-electron chi connectivity index (χ4n) is 7.07. The van der Waals surface area contributed by atoms with E-state index < -0.39 is 15.4 Å². The van der Waals surface area contributed by atoms with Gasteiger partial charge in [-0.3, -0.25) is 4.79 Å². The van der Waals surface area contributed by atoms with Crippen LogP contribution >= 0.6 is 0 Å². The zero-order chi connectivity index (χ0) is 18.5. The van der Waals surface area contributed by atoms with Gasteiger partial charge in [-0.05, 0) is 60.2 Å². The van der Waals surface area contributed by atoms with Crippen LogP contribution in [-0.4, -0.2) is 26.0 Å². The summed E-state index contributed by atoms with van der Waals surface area (Å²) in [6.07, 6.45) is 5.54. The molecule has 5 atom stereocenters. The van der Waals surface area contributed by atoms with Crippen molar-refractivity contribution in [2.75, 3.05) is 5.75 Å². The summed E-state index contributed by atoms with van der Waals surface area (Å²) in [4.78, 5) is 12.7. The topological polar surface area (TPSA) is 63.2 Å². The van der Waals surface area contributed by atoms with Crippen LogP contribution in [0.2, 0.25) is 0 Å². The molecule has 0 radical (unpaired) electrons. The van der Waals surface area contributed by atoms with Crippen LogP contribution in [-0.2, 0) is 14.8 Å². The lowest BCUT2D eigenvalue weighted by molar-refractivity contribution is -0.128. The number of hydrogen-bond donors (Lipinski definition) is 1. The number of hydrogen-bond acceptors (Lipinski definition) is 3. The molecule has 5 unspecified atom stereocenters. The van der Waals surface area contributed by atoms with Crippen molar-refractivity contribution in [3.05, 3.63) is 0 Å². The van der Waals surface area contributed by atoms with Gasteiger partial charge in [-0.25, -0.2) is 13.1 Å². The third kappa shape index (κ3) is 2.08. The van der Waals surface area contributed by atoms with E-state index in [1.165, 1.54) is 6.42 Å². The first kappa shape index (κ1) is 18.0. The minimum atomic E-state index is -3.48. The Kier molecular flexibility index (Phi) is 3.51. The van der Waals surface area contributed by atoms with Crippen LogP contribution in [0.3, 0.4) is 0 Å². The minimum Gasteiger partial charge on any atom is -0.299 e. The van der Waals surface area contributed by atoms with E-state index in [0.29, 0.717) is 18.3 Å². The SMILES string of the molecule is CC1(C)C2CCC1(CS(=O)(=O)NC1CC3CCC1(C)C3(C)C)C(=O)C2. The highest BCUT2D eigenvalue weighted by atomic mass is 32.2.